The normalized spacial score (nSPS) is 13.3. The molecule has 0 radical (unpaired) electrons. The molecule has 1 aliphatic heterocycles. The van der Waals surface area contributed by atoms with Crippen LogP contribution < -0.4 is 10.1 Å². The van der Waals surface area contributed by atoms with Gasteiger partial charge in [-0.1, -0.05) is 60.7 Å². The van der Waals surface area contributed by atoms with Crippen molar-refractivity contribution in [1.82, 2.24) is 14.9 Å². The summed E-state index contributed by atoms with van der Waals surface area (Å²) in [6, 6.07) is 28.2. The summed E-state index contributed by atoms with van der Waals surface area (Å²) in [6.07, 6.45) is 3.82. The second-order valence-corrected chi connectivity index (χ2v) is 9.35. The average Bonchev–Trinajstić information content (AvgIpc) is 3.30. The van der Waals surface area contributed by atoms with E-state index in [9.17, 15) is 14.7 Å². The summed E-state index contributed by atoms with van der Waals surface area (Å²) in [5.41, 5.74) is 7.07. The first-order valence-corrected chi connectivity index (χ1v) is 12.6. The van der Waals surface area contributed by atoms with Crippen molar-refractivity contribution in [3.63, 3.8) is 0 Å². The van der Waals surface area contributed by atoms with Gasteiger partial charge in [0.15, 0.2) is 0 Å². The van der Waals surface area contributed by atoms with Crippen molar-refractivity contribution < 1.29 is 19.4 Å². The molecular formula is C32H25N3O4. The highest BCUT2D eigenvalue weighted by atomic mass is 16.5. The fourth-order valence-corrected chi connectivity index (χ4v) is 4.85. The lowest BCUT2D eigenvalue weighted by molar-refractivity contribution is 0.0696. The van der Waals surface area contributed by atoms with Crippen molar-refractivity contribution >= 4 is 28.5 Å². The van der Waals surface area contributed by atoms with Gasteiger partial charge in [-0.2, -0.15) is 0 Å². The fraction of sp³-hybridized carbons (Fsp3) is 0.0938. The van der Waals surface area contributed by atoms with E-state index in [1.165, 1.54) is 0 Å². The van der Waals surface area contributed by atoms with Crippen LogP contribution in [0.25, 0.3) is 16.6 Å². The molecule has 6 rings (SSSR count). The number of carboxylic acids is 1. The summed E-state index contributed by atoms with van der Waals surface area (Å²) >= 11 is 0. The highest BCUT2D eigenvalue weighted by Gasteiger charge is 2.21. The summed E-state index contributed by atoms with van der Waals surface area (Å²) in [7, 11) is 0. The molecular weight excluding hydrogens is 490 g/mol. The lowest BCUT2D eigenvalue weighted by Crippen LogP contribution is -2.22. The Bertz CT molecular complexity index is 1740. The first-order valence-electron chi connectivity index (χ1n) is 12.6. The van der Waals surface area contributed by atoms with Crippen LogP contribution in [0.3, 0.4) is 0 Å². The van der Waals surface area contributed by atoms with E-state index in [1.54, 1.807) is 36.7 Å². The minimum atomic E-state index is -0.987. The number of imidazole rings is 1. The van der Waals surface area contributed by atoms with Crippen molar-refractivity contribution in [2.24, 2.45) is 0 Å². The van der Waals surface area contributed by atoms with Crippen LogP contribution in [0.5, 0.6) is 5.75 Å². The lowest BCUT2D eigenvalue weighted by Gasteiger charge is -2.12. The van der Waals surface area contributed by atoms with E-state index in [0.29, 0.717) is 31.0 Å². The minimum Gasteiger partial charge on any atom is -0.488 e. The van der Waals surface area contributed by atoms with Crippen LogP contribution in [0.4, 0.5) is 0 Å². The van der Waals surface area contributed by atoms with Crippen LogP contribution in [0.1, 0.15) is 43.0 Å². The highest BCUT2D eigenvalue weighted by molar-refractivity contribution is 5.97. The third-order valence-electron chi connectivity index (χ3n) is 6.88. The average molecular weight is 516 g/mol. The van der Waals surface area contributed by atoms with E-state index < -0.39 is 5.97 Å². The van der Waals surface area contributed by atoms with Gasteiger partial charge in [0, 0.05) is 24.2 Å². The van der Waals surface area contributed by atoms with Crippen LogP contribution in [-0.2, 0) is 19.7 Å². The van der Waals surface area contributed by atoms with E-state index >= 15 is 0 Å². The van der Waals surface area contributed by atoms with E-state index in [2.05, 4.69) is 16.4 Å². The molecule has 2 heterocycles. The van der Waals surface area contributed by atoms with Crippen molar-refractivity contribution in [2.45, 2.75) is 19.7 Å². The molecule has 0 bridgehead atoms. The van der Waals surface area contributed by atoms with E-state index in [0.717, 1.165) is 38.9 Å². The van der Waals surface area contributed by atoms with Crippen molar-refractivity contribution in [2.75, 3.05) is 0 Å². The Hall–Kier alpha value is -5.17. The molecule has 1 aromatic heterocycles. The molecule has 0 saturated heterocycles. The second-order valence-electron chi connectivity index (χ2n) is 9.35. The summed E-state index contributed by atoms with van der Waals surface area (Å²) in [4.78, 5) is 29.0. The quantitative estimate of drug-likeness (QED) is 0.303. The second kappa shape index (κ2) is 10.3. The molecule has 7 heteroatoms. The molecule has 0 aliphatic carbocycles. The smallest absolute Gasteiger partial charge is 0.335 e. The van der Waals surface area contributed by atoms with Crippen LogP contribution >= 0.6 is 0 Å². The number of carbonyl (C=O) groups excluding carboxylic acids is 1. The van der Waals surface area contributed by atoms with Gasteiger partial charge in [0.1, 0.15) is 12.4 Å². The zero-order valence-corrected chi connectivity index (χ0v) is 21.0. The molecule has 192 valence electrons. The number of carbonyl (C=O) groups is 2. The van der Waals surface area contributed by atoms with Crippen molar-refractivity contribution in [1.29, 1.82) is 0 Å². The minimum absolute atomic E-state index is 0.154. The summed E-state index contributed by atoms with van der Waals surface area (Å²) in [5, 5.41) is 12.5. The molecule has 0 spiro atoms. The zero-order chi connectivity index (χ0) is 26.8. The summed E-state index contributed by atoms with van der Waals surface area (Å²) in [6.45, 7) is 1.35. The maximum absolute atomic E-state index is 12.7. The number of nitrogens with one attached hydrogen (secondary N) is 1. The van der Waals surface area contributed by atoms with Crippen LogP contribution in [0.2, 0.25) is 0 Å². The largest absolute Gasteiger partial charge is 0.488 e. The standard InChI is InChI=1S/C32H25N3O4/c36-31(33-18-21-6-2-1-3-7-21)22-10-12-29-28(17-22)34-20-35(29)15-14-26-25-9-5-4-8-24(25)19-39-30-13-11-23(32(37)38)16-27(26)30/h1-14,16-17,20H,15,18-19H2,(H,33,36)(H,37,38). The van der Waals surface area contributed by atoms with E-state index in [4.69, 9.17) is 4.74 Å². The number of aromatic carboxylic acids is 1. The first kappa shape index (κ1) is 24.2. The van der Waals surface area contributed by atoms with Gasteiger partial charge in [-0.05, 0) is 58.7 Å². The van der Waals surface area contributed by atoms with Gasteiger partial charge >= 0.3 is 5.97 Å². The SMILES string of the molecule is O=C(O)c1ccc2c(c1)C(=CCn1cnc3cc(C(=O)NCc4ccccc4)ccc31)c1ccccc1CO2. The summed E-state index contributed by atoms with van der Waals surface area (Å²) in [5.74, 6) is -0.499. The maximum Gasteiger partial charge on any atom is 0.335 e. The van der Waals surface area contributed by atoms with E-state index in [1.807, 2.05) is 65.2 Å². The molecule has 5 aromatic rings. The van der Waals surface area contributed by atoms with Gasteiger partial charge < -0.3 is 19.7 Å². The van der Waals surface area contributed by atoms with Crippen molar-refractivity contribution in [3.8, 4) is 5.75 Å². The summed E-state index contributed by atoms with van der Waals surface area (Å²) < 4.78 is 8.04. The Morgan fingerprint density at radius 1 is 0.923 bits per heavy atom. The fourth-order valence-electron chi connectivity index (χ4n) is 4.85. The third kappa shape index (κ3) is 4.90. The number of benzene rings is 4. The van der Waals surface area contributed by atoms with Crippen molar-refractivity contribution in [3.05, 3.63) is 137 Å². The monoisotopic (exact) mass is 515 g/mol. The molecule has 2 N–H and O–H groups in total. The maximum atomic E-state index is 12.7. The number of rotatable bonds is 6. The molecule has 1 aliphatic rings. The van der Waals surface area contributed by atoms with Gasteiger partial charge in [-0.15, -0.1) is 0 Å². The van der Waals surface area contributed by atoms with Crippen LogP contribution in [0.15, 0.2) is 103 Å². The predicted octanol–water partition coefficient (Wildman–Crippen LogP) is 5.69. The van der Waals surface area contributed by atoms with Gasteiger partial charge in [0.05, 0.1) is 22.9 Å². The molecule has 7 nitrogen and oxygen atoms in total. The van der Waals surface area contributed by atoms with Crippen LogP contribution in [0, 0.1) is 0 Å². The highest BCUT2D eigenvalue weighted by Crippen LogP contribution is 2.37. The zero-order valence-electron chi connectivity index (χ0n) is 21.0. The van der Waals surface area contributed by atoms with Gasteiger partial charge in [0.2, 0.25) is 0 Å². The third-order valence-corrected chi connectivity index (χ3v) is 6.88. The van der Waals surface area contributed by atoms with Gasteiger partial charge in [-0.3, -0.25) is 4.79 Å². The van der Waals surface area contributed by atoms with Gasteiger partial charge in [0.25, 0.3) is 5.91 Å². The molecule has 0 unspecified atom stereocenters. The number of fused-ring (bicyclic) bond motifs is 3. The van der Waals surface area contributed by atoms with E-state index in [-0.39, 0.29) is 11.5 Å². The van der Waals surface area contributed by atoms with Crippen LogP contribution in [-0.4, -0.2) is 26.5 Å². The Labute approximate surface area is 225 Å². The molecule has 1 amide bonds. The Balaban J connectivity index is 1.30. The molecule has 0 saturated carbocycles. The van der Waals surface area contributed by atoms with Gasteiger partial charge in [-0.25, -0.2) is 9.78 Å². The number of carboxylic acid groups (broad SMARTS) is 1. The Kier molecular flexibility index (Phi) is 6.39. The number of amides is 1. The number of ether oxygens (including phenoxy) is 1. The number of hydrogen-bond acceptors (Lipinski definition) is 4. The molecule has 0 fully saturated rings. The molecule has 0 atom stereocenters. The lowest BCUT2D eigenvalue weighted by atomic mass is 9.93. The Morgan fingerprint density at radius 2 is 1.72 bits per heavy atom. The number of hydrogen-bond donors (Lipinski definition) is 2. The number of allylic oxidation sites excluding steroid dienone is 1. The Morgan fingerprint density at radius 3 is 2.56 bits per heavy atom. The number of aromatic nitrogens is 2. The predicted molar refractivity (Wildman–Crippen MR) is 149 cm³/mol. The number of nitrogens with zero attached hydrogens (tertiary/aromatic N) is 2. The first-order chi connectivity index (χ1) is 19.1. The molecule has 39 heavy (non-hydrogen) atoms. The molecule has 4 aromatic carbocycles. The topological polar surface area (TPSA) is 93.5 Å².